The molecule has 0 radical (unpaired) electrons. The van der Waals surface area contributed by atoms with Gasteiger partial charge in [-0.25, -0.2) is 4.74 Å². The summed E-state index contributed by atoms with van der Waals surface area (Å²) in [5.41, 5.74) is 0.182. The highest BCUT2D eigenvalue weighted by molar-refractivity contribution is 8.18. The third-order valence-electron chi connectivity index (χ3n) is 2.99. The van der Waals surface area contributed by atoms with Crippen LogP contribution in [0.25, 0.3) is 0 Å². The van der Waals surface area contributed by atoms with Gasteiger partial charge < -0.3 is 0 Å². The van der Waals surface area contributed by atoms with E-state index in [1.165, 1.54) is 0 Å². The summed E-state index contributed by atoms with van der Waals surface area (Å²) < 4.78 is 4.63. The first-order valence-electron chi connectivity index (χ1n) is 5.28. The molecule has 0 aliphatic rings. The van der Waals surface area contributed by atoms with Gasteiger partial charge in [0.25, 0.3) is 0 Å². The van der Waals surface area contributed by atoms with Gasteiger partial charge >= 0.3 is 0 Å². The molecule has 0 aromatic rings. The van der Waals surface area contributed by atoms with Crippen molar-refractivity contribution in [3.63, 3.8) is 0 Å². The van der Waals surface area contributed by atoms with Crippen molar-refractivity contribution < 1.29 is 0 Å². The van der Waals surface area contributed by atoms with Crippen molar-refractivity contribution in [2.24, 2.45) is 4.74 Å². The molecule has 2 atom stereocenters. The Morgan fingerprint density at radius 1 is 1.31 bits per heavy atom. The number of hydrogen-bond acceptors (Lipinski definition) is 1. The molecular formula is C9H20Cl4NP2+. The predicted molar refractivity (Wildman–Crippen MR) is 84.1 cm³/mol. The van der Waals surface area contributed by atoms with E-state index in [1.54, 1.807) is 0 Å². The minimum atomic E-state index is -2.34. The van der Waals surface area contributed by atoms with Crippen molar-refractivity contribution in [3.8, 4) is 0 Å². The van der Waals surface area contributed by atoms with Crippen LogP contribution in [-0.2, 0) is 0 Å². The first kappa shape index (κ1) is 17.8. The smallest absolute Gasteiger partial charge is 0.226 e. The van der Waals surface area contributed by atoms with Gasteiger partial charge in [0.15, 0.2) is 5.28 Å². The summed E-state index contributed by atoms with van der Waals surface area (Å²) in [7, 11) is 0. The summed E-state index contributed by atoms with van der Waals surface area (Å²) >= 11 is 25.3. The zero-order chi connectivity index (χ0) is 13.2. The lowest BCUT2D eigenvalue weighted by atomic mass is 10.3. The van der Waals surface area contributed by atoms with Crippen LogP contribution in [-0.4, -0.2) is 17.6 Å². The summed E-state index contributed by atoms with van der Waals surface area (Å²) in [4.78, 5) is 0. The van der Waals surface area contributed by atoms with Crippen LogP contribution in [0.5, 0.6) is 0 Å². The van der Waals surface area contributed by atoms with E-state index in [2.05, 4.69) is 11.7 Å². The van der Waals surface area contributed by atoms with Crippen molar-refractivity contribution in [2.45, 2.75) is 51.5 Å². The molecule has 0 fully saturated rings. The van der Waals surface area contributed by atoms with Gasteiger partial charge in [-0.2, -0.15) is 0 Å². The van der Waals surface area contributed by atoms with E-state index in [0.29, 0.717) is 0 Å². The quantitative estimate of drug-likeness (QED) is 0.461. The average molecular weight is 346 g/mol. The highest BCUT2D eigenvalue weighted by Gasteiger charge is 2.51. The average Bonchev–Trinajstić information content (AvgIpc) is 2.13. The van der Waals surface area contributed by atoms with Crippen molar-refractivity contribution in [3.05, 3.63) is 0 Å². The van der Waals surface area contributed by atoms with E-state index in [9.17, 15) is 0 Å². The van der Waals surface area contributed by atoms with Gasteiger partial charge in [-0.15, -0.1) is 0 Å². The molecule has 0 aliphatic heterocycles. The summed E-state index contributed by atoms with van der Waals surface area (Å²) in [6, 6.07) is 0. The summed E-state index contributed by atoms with van der Waals surface area (Å²) in [5.74, 6) is -4.49. The van der Waals surface area contributed by atoms with E-state index in [-0.39, 0.29) is 5.66 Å². The van der Waals surface area contributed by atoms with Crippen LogP contribution in [0.2, 0.25) is 0 Å². The Labute approximate surface area is 119 Å². The summed E-state index contributed by atoms with van der Waals surface area (Å²) in [6.07, 6.45) is 1.66. The van der Waals surface area contributed by atoms with E-state index in [1.807, 2.05) is 27.4 Å². The van der Waals surface area contributed by atoms with Crippen molar-refractivity contribution in [1.82, 2.24) is 0 Å². The third-order valence-corrected chi connectivity index (χ3v) is 12.0. The molecule has 0 rings (SSSR count). The molecule has 0 saturated carbocycles. The molecule has 0 aromatic heterocycles. The number of nitrogens with zero attached hydrogens (tertiary/aromatic N) is 1. The number of hydrogen-bond donors (Lipinski definition) is 0. The second-order valence-corrected chi connectivity index (χ2v) is 17.1. The Kier molecular flexibility index (Phi) is 7.03. The highest BCUT2D eigenvalue weighted by Crippen LogP contribution is 2.80. The molecule has 0 aliphatic carbocycles. The molecule has 16 heavy (non-hydrogen) atoms. The van der Waals surface area contributed by atoms with Gasteiger partial charge in [0.1, 0.15) is 28.2 Å². The SMILES string of the molecule is CCC(C)P(Cl)(Cl)=NC(C)(CC)[P+](C)(Cl)Cl. The van der Waals surface area contributed by atoms with E-state index >= 15 is 0 Å². The topological polar surface area (TPSA) is 12.4 Å². The summed E-state index contributed by atoms with van der Waals surface area (Å²) in [5, 5.41) is -0.503. The normalized spacial score (nSPS) is 19.1. The molecule has 0 aromatic carbocycles. The van der Waals surface area contributed by atoms with Crippen LogP contribution in [0.3, 0.4) is 0 Å². The van der Waals surface area contributed by atoms with Crippen LogP contribution < -0.4 is 0 Å². The third kappa shape index (κ3) is 4.49. The molecule has 98 valence electrons. The first-order chi connectivity index (χ1) is 7.00. The van der Waals surface area contributed by atoms with Crippen molar-refractivity contribution in [1.29, 1.82) is 0 Å². The molecule has 0 N–H and O–H groups in total. The Hall–Kier alpha value is 1.82. The van der Waals surface area contributed by atoms with Crippen LogP contribution in [0.1, 0.15) is 40.5 Å². The van der Waals surface area contributed by atoms with Gasteiger partial charge in [-0.3, -0.25) is 0 Å². The van der Waals surface area contributed by atoms with Gasteiger partial charge in [0.05, 0.1) is 6.66 Å². The van der Waals surface area contributed by atoms with Crippen LogP contribution in [0.4, 0.5) is 0 Å². The van der Waals surface area contributed by atoms with Crippen molar-refractivity contribution in [2.75, 3.05) is 6.66 Å². The number of rotatable bonds is 5. The molecular weight excluding hydrogens is 326 g/mol. The fourth-order valence-corrected chi connectivity index (χ4v) is 7.46. The zero-order valence-electron chi connectivity index (χ0n) is 10.3. The van der Waals surface area contributed by atoms with E-state index < -0.39 is 17.0 Å². The second kappa shape index (κ2) is 6.31. The minimum absolute atomic E-state index is 0.182. The van der Waals surface area contributed by atoms with Crippen molar-refractivity contribution >= 4 is 56.7 Å². The zero-order valence-corrected chi connectivity index (χ0v) is 15.2. The van der Waals surface area contributed by atoms with Crippen LogP contribution >= 0.6 is 56.7 Å². The molecule has 0 heterocycles. The van der Waals surface area contributed by atoms with Gasteiger partial charge in [-0.1, -0.05) is 43.3 Å². The molecule has 7 heteroatoms. The lowest BCUT2D eigenvalue weighted by molar-refractivity contribution is 0.650. The Balaban J connectivity index is 5.40. The minimum Gasteiger partial charge on any atom is -0.226 e. The monoisotopic (exact) mass is 344 g/mol. The summed E-state index contributed by atoms with van der Waals surface area (Å²) in [6.45, 7) is 9.87. The predicted octanol–water partition coefficient (Wildman–Crippen LogP) is 7.37. The fourth-order valence-electron chi connectivity index (χ4n) is 1.03. The fraction of sp³-hybridized carbons (Fsp3) is 1.00. The molecule has 0 spiro atoms. The second-order valence-electron chi connectivity index (χ2n) is 4.25. The lowest BCUT2D eigenvalue weighted by Gasteiger charge is -2.28. The van der Waals surface area contributed by atoms with E-state index in [4.69, 9.17) is 45.0 Å². The maximum Gasteiger partial charge on any atom is 0.235 e. The first-order valence-corrected chi connectivity index (χ1v) is 12.9. The lowest BCUT2D eigenvalue weighted by Crippen LogP contribution is -2.19. The standard InChI is InChI=1S/C9H20Cl4NP2/c1-6-8(3)16(12,13)14-9(4,7-2)15(5,10)11/h8H,6-7H2,1-5H3/q+1. The van der Waals surface area contributed by atoms with E-state index in [0.717, 1.165) is 12.8 Å². The number of halogens is 4. The van der Waals surface area contributed by atoms with Gasteiger partial charge in [-0.05, 0) is 13.3 Å². The maximum atomic E-state index is 6.37. The molecule has 0 saturated heterocycles. The molecule has 0 bridgehead atoms. The van der Waals surface area contributed by atoms with Crippen LogP contribution in [0.15, 0.2) is 4.74 Å². The van der Waals surface area contributed by atoms with Crippen LogP contribution in [0, 0.1) is 0 Å². The van der Waals surface area contributed by atoms with Gasteiger partial charge in [0, 0.05) is 12.1 Å². The molecule has 0 amide bonds. The Morgan fingerprint density at radius 3 is 2.00 bits per heavy atom. The highest BCUT2D eigenvalue weighted by atomic mass is 35.9. The van der Waals surface area contributed by atoms with Gasteiger partial charge in [0.2, 0.25) is 5.97 Å². The Morgan fingerprint density at radius 2 is 1.75 bits per heavy atom. The largest absolute Gasteiger partial charge is 0.235 e. The molecule has 1 nitrogen and oxygen atoms in total. The maximum absolute atomic E-state index is 6.37. The Bertz CT molecular complexity index is 284. The molecule has 2 unspecified atom stereocenters.